The number of anilines is 4. The summed E-state index contributed by atoms with van der Waals surface area (Å²) >= 11 is 0. The standard InChI is InChI=1S/C28H30FN5O.C27H28FN5O/c1-35-22-18-20-4-2-10-30-27(20)26(19-22)34-16-14-32(15-17-34)21-8-12-33(13-9-21)25-7-6-24(29)23-5-3-11-31-28(23)25;28-23-5-6-24(27-22(23)4-2-10-30-27)32-11-7-20(8-12-32)31-13-15-33(16-14-31)25-18-21(34)17-19-3-1-9-29-26(19)25/h2-7,10-11,18-19,21H,8-9,12-17H2,1H3;1-6,9-10,17-18,20,34H,7-8,11-16H2. The highest BCUT2D eigenvalue weighted by atomic mass is 19.1. The molecule has 69 heavy (non-hydrogen) atoms. The largest absolute Gasteiger partial charge is 0.508 e. The molecule has 8 heterocycles. The van der Waals surface area contributed by atoms with Crippen LogP contribution in [-0.2, 0) is 0 Å². The summed E-state index contributed by atoms with van der Waals surface area (Å²) in [5, 5.41) is 13.5. The molecule has 0 radical (unpaired) electrons. The van der Waals surface area contributed by atoms with Crippen molar-refractivity contribution in [1.82, 2.24) is 29.7 Å². The molecule has 0 atom stereocenters. The van der Waals surface area contributed by atoms with E-state index >= 15 is 0 Å². The monoisotopic (exact) mass is 928 g/mol. The predicted octanol–water partition coefficient (Wildman–Crippen LogP) is 9.14. The van der Waals surface area contributed by atoms with Gasteiger partial charge in [-0.2, -0.15) is 0 Å². The number of rotatable bonds is 7. The summed E-state index contributed by atoms with van der Waals surface area (Å²) in [6.07, 6.45) is 11.5. The van der Waals surface area contributed by atoms with Crippen LogP contribution in [0.25, 0.3) is 43.6 Å². The number of benzene rings is 4. The predicted molar refractivity (Wildman–Crippen MR) is 273 cm³/mol. The minimum Gasteiger partial charge on any atom is -0.508 e. The van der Waals surface area contributed by atoms with Crippen molar-refractivity contribution in [3.8, 4) is 11.5 Å². The summed E-state index contributed by atoms with van der Waals surface area (Å²) in [6.45, 7) is 11.7. The zero-order valence-electron chi connectivity index (χ0n) is 39.1. The summed E-state index contributed by atoms with van der Waals surface area (Å²) in [7, 11) is 1.72. The van der Waals surface area contributed by atoms with E-state index in [2.05, 4.69) is 67.5 Å². The first-order valence-corrected chi connectivity index (χ1v) is 24.4. The second-order valence-corrected chi connectivity index (χ2v) is 18.7. The zero-order valence-corrected chi connectivity index (χ0v) is 39.1. The molecule has 0 aliphatic carbocycles. The van der Waals surface area contributed by atoms with Gasteiger partial charge in [0.25, 0.3) is 0 Å². The van der Waals surface area contributed by atoms with Crippen molar-refractivity contribution < 1.29 is 18.6 Å². The number of pyridine rings is 4. The average Bonchev–Trinajstić information content (AvgIpc) is 3.41. The van der Waals surface area contributed by atoms with Gasteiger partial charge < -0.3 is 29.4 Å². The van der Waals surface area contributed by atoms with E-state index in [0.29, 0.717) is 22.9 Å². The van der Waals surface area contributed by atoms with E-state index in [1.165, 1.54) is 0 Å². The van der Waals surface area contributed by atoms with Crippen molar-refractivity contribution in [3.63, 3.8) is 0 Å². The van der Waals surface area contributed by atoms with Gasteiger partial charge in [-0.15, -0.1) is 0 Å². The second kappa shape index (κ2) is 19.6. The molecule has 0 spiro atoms. The van der Waals surface area contributed by atoms with Gasteiger partial charge in [-0.05, 0) is 98.5 Å². The van der Waals surface area contributed by atoms with Crippen LogP contribution in [0.1, 0.15) is 25.7 Å². The van der Waals surface area contributed by atoms with Crippen LogP contribution in [0.5, 0.6) is 11.5 Å². The number of aromatic nitrogens is 4. The fourth-order valence-electron chi connectivity index (χ4n) is 11.3. The number of piperidine rings is 2. The minimum atomic E-state index is -0.214. The first-order chi connectivity index (χ1) is 33.9. The molecule has 12 nitrogen and oxygen atoms in total. The Bertz CT molecular complexity index is 3090. The van der Waals surface area contributed by atoms with Crippen molar-refractivity contribution in [2.24, 2.45) is 0 Å². The number of hydrogen-bond acceptors (Lipinski definition) is 12. The lowest BCUT2D eigenvalue weighted by Crippen LogP contribution is -2.53. The Morgan fingerprint density at radius 3 is 1.32 bits per heavy atom. The molecule has 4 aromatic heterocycles. The maximum Gasteiger partial charge on any atom is 0.132 e. The summed E-state index contributed by atoms with van der Waals surface area (Å²) in [6, 6.07) is 31.0. The number of phenolic OH excluding ortho intramolecular Hbond substituents is 1. The van der Waals surface area contributed by atoms with Gasteiger partial charge in [-0.1, -0.05) is 12.1 Å². The fraction of sp³-hybridized carbons (Fsp3) is 0.345. The van der Waals surface area contributed by atoms with Crippen LogP contribution in [0.4, 0.5) is 31.5 Å². The SMILES string of the molecule is COc1cc(N2CCN(C3CCN(c4ccc(F)c5cccnc45)CC3)CC2)c2ncccc2c1.Oc1cc(N2CCN(C3CCN(c4ccc(F)c5cccnc45)CC3)CC2)c2ncccc2c1. The van der Waals surface area contributed by atoms with Crippen molar-refractivity contribution >= 4 is 66.4 Å². The number of methoxy groups -OCH3 is 1. The number of phenols is 1. The Morgan fingerprint density at radius 2 is 0.855 bits per heavy atom. The molecular formula is C55H58F2N10O2. The molecule has 4 fully saturated rings. The molecule has 4 saturated heterocycles. The number of piperazine rings is 2. The van der Waals surface area contributed by atoms with Crippen LogP contribution in [0.15, 0.2) is 122 Å². The van der Waals surface area contributed by atoms with Crippen molar-refractivity contribution in [2.75, 3.05) is 105 Å². The number of hydrogen-bond donors (Lipinski definition) is 1. The highest BCUT2D eigenvalue weighted by Crippen LogP contribution is 2.36. The molecule has 8 aromatic rings. The lowest BCUT2D eigenvalue weighted by molar-refractivity contribution is 0.160. The molecule has 14 heteroatoms. The van der Waals surface area contributed by atoms with E-state index in [4.69, 9.17) is 4.74 Å². The van der Waals surface area contributed by atoms with Crippen LogP contribution in [0, 0.1) is 11.6 Å². The molecule has 12 rings (SSSR count). The van der Waals surface area contributed by atoms with Crippen LogP contribution in [-0.4, -0.2) is 133 Å². The van der Waals surface area contributed by atoms with Gasteiger partial charge in [0.05, 0.1) is 51.9 Å². The summed E-state index contributed by atoms with van der Waals surface area (Å²) < 4.78 is 34.0. The molecule has 354 valence electrons. The van der Waals surface area contributed by atoms with E-state index in [1.54, 1.807) is 55.9 Å². The Hall–Kier alpha value is -6.90. The van der Waals surface area contributed by atoms with Gasteiger partial charge in [0.1, 0.15) is 23.1 Å². The first kappa shape index (κ1) is 44.6. The van der Waals surface area contributed by atoms with Crippen molar-refractivity contribution in [3.05, 3.63) is 133 Å². The highest BCUT2D eigenvalue weighted by Gasteiger charge is 2.31. The highest BCUT2D eigenvalue weighted by molar-refractivity contribution is 5.94. The summed E-state index contributed by atoms with van der Waals surface area (Å²) in [4.78, 5) is 32.9. The molecule has 0 bridgehead atoms. The quantitative estimate of drug-likeness (QED) is 0.165. The minimum absolute atomic E-state index is 0.205. The number of aromatic hydroxyl groups is 1. The van der Waals surface area contributed by atoms with Crippen LogP contribution >= 0.6 is 0 Å². The number of nitrogens with zero attached hydrogens (tertiary/aromatic N) is 10. The normalized spacial score (nSPS) is 18.0. The van der Waals surface area contributed by atoms with Crippen molar-refractivity contribution in [2.45, 2.75) is 37.8 Å². The topological polar surface area (TPSA) is 100 Å². The number of ether oxygens (including phenoxy) is 1. The van der Waals surface area contributed by atoms with Gasteiger partial charge in [0.15, 0.2) is 0 Å². The molecule has 4 aliphatic heterocycles. The van der Waals surface area contributed by atoms with Crippen LogP contribution < -0.4 is 24.3 Å². The summed E-state index contributed by atoms with van der Waals surface area (Å²) in [5.41, 5.74) is 7.75. The van der Waals surface area contributed by atoms with Gasteiger partial charge in [0, 0.05) is 149 Å². The van der Waals surface area contributed by atoms with Crippen molar-refractivity contribution in [1.29, 1.82) is 0 Å². The van der Waals surface area contributed by atoms with E-state index < -0.39 is 0 Å². The lowest BCUT2D eigenvalue weighted by atomic mass is 10.0. The van der Waals surface area contributed by atoms with Gasteiger partial charge >= 0.3 is 0 Å². The third kappa shape index (κ3) is 9.10. The number of fused-ring (bicyclic) bond motifs is 4. The van der Waals surface area contributed by atoms with Gasteiger partial charge in [-0.3, -0.25) is 29.7 Å². The Morgan fingerprint density at radius 1 is 0.449 bits per heavy atom. The maximum absolute atomic E-state index is 14.2. The van der Waals surface area contributed by atoms with E-state index in [1.807, 2.05) is 54.9 Å². The van der Waals surface area contributed by atoms with E-state index in [0.717, 1.165) is 166 Å². The van der Waals surface area contributed by atoms with E-state index in [9.17, 15) is 13.9 Å². The molecule has 0 saturated carbocycles. The molecule has 1 N–H and O–H groups in total. The maximum atomic E-state index is 14.2. The van der Waals surface area contributed by atoms with E-state index in [-0.39, 0.29) is 17.4 Å². The zero-order chi connectivity index (χ0) is 46.8. The Balaban J connectivity index is 0.000000151. The Kier molecular flexibility index (Phi) is 12.7. The Labute approximate surface area is 401 Å². The lowest BCUT2D eigenvalue weighted by Gasteiger charge is -2.44. The average molecular weight is 929 g/mol. The molecule has 4 aliphatic rings. The van der Waals surface area contributed by atoms with Gasteiger partial charge in [-0.25, -0.2) is 8.78 Å². The fourth-order valence-corrected chi connectivity index (χ4v) is 11.3. The molecule has 0 amide bonds. The van der Waals surface area contributed by atoms with Crippen LogP contribution in [0.3, 0.4) is 0 Å². The smallest absolute Gasteiger partial charge is 0.132 e. The third-order valence-electron chi connectivity index (χ3n) is 14.9. The van der Waals surface area contributed by atoms with Crippen LogP contribution in [0.2, 0.25) is 0 Å². The first-order valence-electron chi connectivity index (χ1n) is 24.4. The third-order valence-corrected chi connectivity index (χ3v) is 14.9. The molecular weight excluding hydrogens is 871 g/mol. The molecule has 0 unspecified atom stereocenters. The second-order valence-electron chi connectivity index (χ2n) is 18.7. The van der Waals surface area contributed by atoms with Gasteiger partial charge in [0.2, 0.25) is 0 Å². The number of halogens is 2. The summed E-state index contributed by atoms with van der Waals surface area (Å²) in [5.74, 6) is 0.740. The molecule has 4 aromatic carbocycles.